The van der Waals surface area contributed by atoms with E-state index in [9.17, 15) is 8.78 Å². The molecule has 136 heavy (non-hydrogen) atoms. The zero-order valence-electron chi connectivity index (χ0n) is 76.4. The van der Waals surface area contributed by atoms with Crippen molar-refractivity contribution in [3.05, 3.63) is 584 Å². The van der Waals surface area contributed by atoms with Crippen molar-refractivity contribution in [1.82, 2.24) is 0 Å². The number of ether oxygens (including phenoxy) is 2. The first-order valence-electron chi connectivity index (χ1n) is 44.6. The summed E-state index contributed by atoms with van der Waals surface area (Å²) < 4.78 is 38.8. The van der Waals surface area contributed by atoms with E-state index in [0.29, 0.717) is 21.7 Å². The molecule has 0 spiro atoms. The van der Waals surface area contributed by atoms with Gasteiger partial charge in [0.15, 0.2) is 4.74 Å². The molecule has 0 bridgehead atoms. The smallest absolute Gasteiger partial charge is 0.0134 e. The predicted molar refractivity (Wildman–Crippen MR) is 589 cm³/mol. The van der Waals surface area contributed by atoms with Crippen molar-refractivity contribution in [2.45, 2.75) is 46.0 Å². The van der Waals surface area contributed by atoms with Gasteiger partial charge in [-0.25, -0.2) is 4.39 Å². The van der Waals surface area contributed by atoms with Gasteiger partial charge in [-0.05, 0) is 219 Å². The number of benzene rings is 18. The van der Waals surface area contributed by atoms with Gasteiger partial charge in [-0.15, -0.1) is 12.1 Å². The van der Waals surface area contributed by atoms with Crippen molar-refractivity contribution in [2.75, 3.05) is 0 Å². The van der Waals surface area contributed by atoms with Crippen LogP contribution in [-0.4, -0.2) is 0 Å². The van der Waals surface area contributed by atoms with Crippen molar-refractivity contribution >= 4 is 148 Å². The van der Waals surface area contributed by atoms with Crippen molar-refractivity contribution in [3.8, 4) is 23.0 Å². The van der Waals surface area contributed by atoms with Gasteiger partial charge in [0.1, 0.15) is 23.1 Å². The Bertz CT molecular complexity index is 5500. The summed E-state index contributed by atoms with van der Waals surface area (Å²) in [6.45, 7) is 12.2. The van der Waals surface area contributed by atoms with Gasteiger partial charge in [0.25, 0.3) is 0 Å². The summed E-state index contributed by atoms with van der Waals surface area (Å²) in [4.78, 5) is 0. The first-order chi connectivity index (χ1) is 66.2. The van der Waals surface area contributed by atoms with Crippen LogP contribution < -0.4 is 73.1 Å². The van der Waals surface area contributed by atoms with Crippen LogP contribution in [0.1, 0.15) is 61.8 Å². The zero-order valence-corrected chi connectivity index (χ0v) is 89.2. The van der Waals surface area contributed by atoms with Crippen LogP contribution in [0.15, 0.2) is 544 Å². The topological polar surface area (TPSA) is 18.5 Å². The SMILES string of the molecule is CC(C)C(/C=C(\F)Cc1cccc(Oc2ccccc2)c1)c1ccc(Cl)cc1.CC(C)C(C=C(F)Br)c1ccc(Cl)cc1.[CH2-]c1cccc(Oc2ccccc2)c1.[Pd].[Zn+][Br].c1ccc(P(c2ccccc2)c2ccccc2)cc1.c1ccc(P(c2ccccc2)c2ccccc2)cc1.c1ccc(P(c2ccccc2)c2ccccc2)cc1.c1ccc(P(c2ccccc2)c2ccccc2)cc1. The Balaban J connectivity index is 0.000000165. The number of halogens is 6. The largest absolute Gasteiger partial charge is 0.0622 e. The first kappa shape index (κ1) is 107. The molecule has 14 heteroatoms. The molecule has 0 radical (unpaired) electrons. The molecule has 0 saturated heterocycles. The second kappa shape index (κ2) is 60.8. The molecule has 18 rings (SSSR count). The molecular weight excluding hydrogens is 2060 g/mol. The fourth-order valence-corrected chi connectivity index (χ4v) is 24.4. The van der Waals surface area contributed by atoms with Crippen LogP contribution in [0.25, 0.3) is 0 Å². The molecular formula is C122H108Br2Cl2F2O2P4PdZn. The Morgan fingerprint density at radius 2 is 0.478 bits per heavy atom. The van der Waals surface area contributed by atoms with E-state index >= 15 is 0 Å². The van der Waals surface area contributed by atoms with Crippen LogP contribution in [0.3, 0.4) is 0 Å². The summed E-state index contributed by atoms with van der Waals surface area (Å²) in [7, 11) is -1.78. The van der Waals surface area contributed by atoms with E-state index in [4.69, 9.17) is 32.7 Å². The fraction of sp³-hybridized carbons (Fsp3) is 0.0738. The second-order valence-corrected chi connectivity index (χ2v) is 41.9. The second-order valence-electron chi connectivity index (χ2n) is 31.4. The Labute approximate surface area is 859 Å². The number of hydrogen-bond acceptors (Lipinski definition) is 2. The van der Waals surface area contributed by atoms with Gasteiger partial charge in [-0.2, -0.15) is 22.9 Å². The van der Waals surface area contributed by atoms with E-state index < -0.39 is 31.7 Å². The summed E-state index contributed by atoms with van der Waals surface area (Å²) in [5, 5.41) is 18.2. The molecule has 18 aromatic carbocycles. The minimum atomic E-state index is -0.446. The Morgan fingerprint density at radius 3 is 0.691 bits per heavy atom. The quantitative estimate of drug-likeness (QED) is 0.0341. The van der Waals surface area contributed by atoms with Gasteiger partial charge in [0.05, 0.1) is 5.75 Å². The number of para-hydroxylation sites is 2. The van der Waals surface area contributed by atoms with Crippen molar-refractivity contribution in [1.29, 1.82) is 0 Å². The van der Waals surface area contributed by atoms with Crippen molar-refractivity contribution < 1.29 is 55.0 Å². The maximum absolute atomic E-state index is 14.8. The molecule has 0 aliphatic carbocycles. The molecule has 18 aromatic rings. The van der Waals surface area contributed by atoms with Crippen LogP contribution >= 0.6 is 84.4 Å². The first-order valence-corrected chi connectivity index (χ1v) is 58.5. The van der Waals surface area contributed by atoms with Gasteiger partial charge >= 0.3 is 30.0 Å². The minimum Gasteiger partial charge on any atom is -0.0622 e. The van der Waals surface area contributed by atoms with Crippen LogP contribution in [0.2, 0.25) is 10.0 Å². The monoisotopic (exact) mass is 2160 g/mol. The predicted octanol–water partition coefficient (Wildman–Crippen LogP) is 31.5. The van der Waals surface area contributed by atoms with Gasteiger partial charge in [0.2, 0.25) is 0 Å². The average molecular weight is 2170 g/mol. The molecule has 2 atom stereocenters. The maximum Gasteiger partial charge on any atom is -0.0134 e. The molecule has 2 unspecified atom stereocenters. The van der Waals surface area contributed by atoms with Crippen LogP contribution in [-0.2, 0) is 43.2 Å². The molecule has 0 fully saturated rings. The molecule has 0 aliphatic rings. The van der Waals surface area contributed by atoms with E-state index in [0.717, 1.165) is 39.5 Å². The summed E-state index contributed by atoms with van der Waals surface area (Å²) in [5.41, 5.74) is 3.97. The van der Waals surface area contributed by atoms with Crippen LogP contribution in [0.4, 0.5) is 8.78 Å². The van der Waals surface area contributed by atoms with Gasteiger partial charge < -0.3 is 9.47 Å². The third kappa shape index (κ3) is 36.3. The minimum absolute atomic E-state index is 0. The van der Waals surface area contributed by atoms with E-state index in [1.165, 1.54) is 80.0 Å². The molecule has 0 saturated carbocycles. The third-order valence-electron chi connectivity index (χ3n) is 20.9. The third-order valence-corrected chi connectivity index (χ3v) is 31.5. The molecule has 0 amide bonds. The Kier molecular flexibility index (Phi) is 48.0. The zero-order chi connectivity index (χ0) is 94.8. The summed E-state index contributed by atoms with van der Waals surface area (Å²) in [6.07, 6.45) is 3.54. The summed E-state index contributed by atoms with van der Waals surface area (Å²) in [6, 6.07) is 179. The normalized spacial score (nSPS) is 11.2. The average Bonchev–Trinajstić information content (AvgIpc) is 0.847. The molecule has 0 heterocycles. The molecule has 682 valence electrons. The van der Waals surface area contributed by atoms with Gasteiger partial charge in [0, 0.05) is 48.7 Å². The fourth-order valence-electron chi connectivity index (χ4n) is 14.6. The van der Waals surface area contributed by atoms with Gasteiger partial charge in [-0.1, -0.05) is 488 Å². The molecule has 0 N–H and O–H groups in total. The summed E-state index contributed by atoms with van der Waals surface area (Å²) in [5.74, 6) is 3.68. The van der Waals surface area contributed by atoms with Crippen LogP contribution in [0, 0.1) is 18.8 Å². The van der Waals surface area contributed by atoms with Crippen LogP contribution in [0.5, 0.6) is 23.0 Å². The number of hydrogen-bond donors (Lipinski definition) is 0. The molecule has 0 aliphatic heterocycles. The van der Waals surface area contributed by atoms with Crippen molar-refractivity contribution in [3.63, 3.8) is 0 Å². The van der Waals surface area contributed by atoms with Gasteiger partial charge in [-0.3, -0.25) is 0 Å². The Morgan fingerprint density at radius 1 is 0.279 bits per heavy atom. The summed E-state index contributed by atoms with van der Waals surface area (Å²) >= 11 is 18.9. The van der Waals surface area contributed by atoms with E-state index in [1.54, 1.807) is 12.2 Å². The standard InChI is InChI=1S/C25H24ClFO.4C18H15P.C13H11O.C12H13BrClF.BrH.Pd.Zn/c1-18(2)25(20-11-13-21(26)14-12-20)17-22(27)15-19-7-6-10-24(16-19)28-23-8-4-3-5-9-23;4*1-4-10-16(11-5-1)19(17-12-6-2-7-13-17)18-14-8-3-9-15-18;1-11-6-5-9-13(10-11)14-12-7-3-2-4-8-12;1-8(2)11(7-12(13)15)9-3-5-10(14)6-4-9;;;/h3-14,16-18,25H,15H2,1-2H3;4*1-15H;2-10H,1H2;3-8,11H,1-2H3;1H;;/q;;;;;-1;;;;+2/p-1/b22-17-;;;;;;;;;. The molecule has 2 nitrogen and oxygen atoms in total. The Hall–Kier alpha value is -10.7. The van der Waals surface area contributed by atoms with Crippen molar-refractivity contribution in [2.24, 2.45) is 11.8 Å². The molecule has 0 aromatic heterocycles. The van der Waals surface area contributed by atoms with E-state index in [2.05, 4.69) is 428 Å². The van der Waals surface area contributed by atoms with E-state index in [1.807, 2.05) is 158 Å². The number of allylic oxidation sites excluding steroid dienone is 3. The maximum atomic E-state index is 14.8. The van der Waals surface area contributed by atoms with E-state index in [-0.39, 0.29) is 55.2 Å². The number of rotatable bonds is 24.